The lowest BCUT2D eigenvalue weighted by Crippen LogP contribution is -2.50. The fraction of sp³-hybridized carbons (Fsp3) is 0.480. The van der Waals surface area contributed by atoms with Crippen molar-refractivity contribution in [2.75, 3.05) is 23.3 Å². The predicted molar refractivity (Wildman–Crippen MR) is 129 cm³/mol. The molecule has 1 saturated carbocycles. The van der Waals surface area contributed by atoms with E-state index in [9.17, 15) is 4.79 Å². The maximum atomic E-state index is 12.6. The van der Waals surface area contributed by atoms with Crippen molar-refractivity contribution in [2.45, 2.75) is 63.6 Å². The van der Waals surface area contributed by atoms with Gasteiger partial charge in [-0.05, 0) is 69.7 Å². The molecule has 176 valence electrons. The van der Waals surface area contributed by atoms with Gasteiger partial charge in [0, 0.05) is 19.3 Å². The van der Waals surface area contributed by atoms with E-state index in [0.29, 0.717) is 18.3 Å². The zero-order valence-electron chi connectivity index (χ0n) is 19.7. The summed E-state index contributed by atoms with van der Waals surface area (Å²) in [6, 6.07) is 6.50. The highest BCUT2D eigenvalue weighted by atomic mass is 16.6. The summed E-state index contributed by atoms with van der Waals surface area (Å²) in [6.45, 7) is 7.09. The number of rotatable bonds is 4. The van der Waals surface area contributed by atoms with Crippen LogP contribution in [0.15, 0.2) is 36.9 Å². The van der Waals surface area contributed by atoms with Crippen LogP contribution in [0.25, 0.3) is 11.0 Å². The molecule has 6 rings (SSSR count). The van der Waals surface area contributed by atoms with Crippen LogP contribution in [0.3, 0.4) is 0 Å². The highest BCUT2D eigenvalue weighted by Gasteiger charge is 2.47. The monoisotopic (exact) mass is 459 g/mol. The number of pyridine rings is 2. The van der Waals surface area contributed by atoms with Crippen LogP contribution in [-0.4, -0.2) is 61.7 Å². The molecule has 1 N–H and O–H groups in total. The Kier molecular flexibility index (Phi) is 4.82. The van der Waals surface area contributed by atoms with E-state index in [1.54, 1.807) is 6.33 Å². The van der Waals surface area contributed by atoms with Crippen LogP contribution in [-0.2, 0) is 4.74 Å². The summed E-state index contributed by atoms with van der Waals surface area (Å²) in [4.78, 5) is 35.0. The quantitative estimate of drug-likeness (QED) is 0.619. The summed E-state index contributed by atoms with van der Waals surface area (Å²) >= 11 is 0. The fourth-order valence-corrected chi connectivity index (χ4v) is 4.98. The van der Waals surface area contributed by atoms with Crippen molar-refractivity contribution in [1.82, 2.24) is 24.8 Å². The molecule has 34 heavy (non-hydrogen) atoms. The molecule has 0 unspecified atom stereocenters. The molecule has 0 radical (unpaired) electrons. The van der Waals surface area contributed by atoms with Crippen molar-refractivity contribution >= 4 is 34.4 Å². The third-order valence-corrected chi connectivity index (χ3v) is 6.70. The van der Waals surface area contributed by atoms with Gasteiger partial charge in [0.05, 0.1) is 29.5 Å². The molecule has 3 aliphatic rings. The van der Waals surface area contributed by atoms with E-state index in [0.717, 1.165) is 35.5 Å². The number of hydrogen-bond donors (Lipinski definition) is 1. The maximum Gasteiger partial charge on any atom is 0.410 e. The number of likely N-dealkylation sites (tertiary alicyclic amines) is 1. The van der Waals surface area contributed by atoms with Crippen molar-refractivity contribution in [3.63, 3.8) is 0 Å². The number of carbonyl (C=O) groups excluding carboxylic acids is 1. The second kappa shape index (κ2) is 7.78. The SMILES string of the molecule is CC(C)(C)OC(=O)N1C[C@@H]2C[C@H]1CN2c1ccc2ncnc(Nc3cncc(C4CC4)c3)c2n1. The fourth-order valence-electron chi connectivity index (χ4n) is 4.98. The molecule has 1 amide bonds. The second-order valence-corrected chi connectivity index (χ2v) is 10.5. The number of hydrogen-bond acceptors (Lipinski definition) is 8. The molecule has 9 nitrogen and oxygen atoms in total. The largest absolute Gasteiger partial charge is 0.444 e. The van der Waals surface area contributed by atoms with E-state index in [-0.39, 0.29) is 18.2 Å². The molecule has 1 aliphatic carbocycles. The molecule has 0 spiro atoms. The molecule has 2 aliphatic heterocycles. The number of piperazine rings is 1. The minimum atomic E-state index is -0.490. The van der Waals surface area contributed by atoms with Crippen LogP contribution in [0.1, 0.15) is 51.5 Å². The number of fused-ring (bicyclic) bond motifs is 3. The molecule has 2 saturated heterocycles. The van der Waals surface area contributed by atoms with Crippen LogP contribution in [0, 0.1) is 0 Å². The number of amides is 1. The molecule has 3 aromatic rings. The highest BCUT2D eigenvalue weighted by Crippen LogP contribution is 2.40. The molecule has 5 heterocycles. The molecule has 3 aromatic heterocycles. The van der Waals surface area contributed by atoms with Crippen LogP contribution in [0.2, 0.25) is 0 Å². The van der Waals surface area contributed by atoms with E-state index in [1.165, 1.54) is 18.4 Å². The number of nitrogens with one attached hydrogen (secondary N) is 1. The van der Waals surface area contributed by atoms with Gasteiger partial charge in [0.25, 0.3) is 0 Å². The van der Waals surface area contributed by atoms with Gasteiger partial charge in [-0.2, -0.15) is 0 Å². The zero-order chi connectivity index (χ0) is 23.4. The summed E-state index contributed by atoms with van der Waals surface area (Å²) in [5.41, 5.74) is 3.19. The Labute approximate surface area is 198 Å². The average Bonchev–Trinajstić information content (AvgIpc) is 3.46. The minimum Gasteiger partial charge on any atom is -0.444 e. The Morgan fingerprint density at radius 3 is 2.71 bits per heavy atom. The van der Waals surface area contributed by atoms with Crippen LogP contribution in [0.5, 0.6) is 0 Å². The van der Waals surface area contributed by atoms with Crippen molar-refractivity contribution in [1.29, 1.82) is 0 Å². The van der Waals surface area contributed by atoms with Crippen LogP contribution >= 0.6 is 0 Å². The van der Waals surface area contributed by atoms with Gasteiger partial charge >= 0.3 is 6.09 Å². The Bertz CT molecular complexity index is 1250. The highest BCUT2D eigenvalue weighted by molar-refractivity contribution is 5.88. The van der Waals surface area contributed by atoms with Gasteiger partial charge in [0.2, 0.25) is 0 Å². The van der Waals surface area contributed by atoms with E-state index >= 15 is 0 Å². The number of anilines is 3. The summed E-state index contributed by atoms with van der Waals surface area (Å²) in [6.07, 6.45) is 8.48. The van der Waals surface area contributed by atoms with Gasteiger partial charge in [-0.25, -0.2) is 19.7 Å². The van der Waals surface area contributed by atoms with Crippen LogP contribution < -0.4 is 10.2 Å². The number of ether oxygens (including phenoxy) is 1. The second-order valence-electron chi connectivity index (χ2n) is 10.5. The smallest absolute Gasteiger partial charge is 0.410 e. The predicted octanol–water partition coefficient (Wildman–Crippen LogP) is 4.24. The molecule has 3 fully saturated rings. The molecular formula is C25H29N7O2. The third kappa shape index (κ3) is 3.99. The summed E-state index contributed by atoms with van der Waals surface area (Å²) < 4.78 is 5.60. The van der Waals surface area contributed by atoms with E-state index < -0.39 is 5.60 Å². The van der Waals surface area contributed by atoms with Gasteiger partial charge < -0.3 is 19.9 Å². The molecular weight excluding hydrogens is 430 g/mol. The Balaban J connectivity index is 1.23. The summed E-state index contributed by atoms with van der Waals surface area (Å²) in [5.74, 6) is 2.18. The standard InChI is InChI=1S/C25H29N7O2/c1-25(2,3)34-24(33)32-13-18-9-19(32)12-31(18)21-7-6-20-22(30-21)23(28-14-27-20)29-17-8-16(10-26-11-17)15-4-5-15/h6-8,10-11,14-15,18-19H,4-5,9,12-13H2,1-3H3,(H,27,28,29)/t18-,19-/m0/s1. The van der Waals surface area contributed by atoms with Gasteiger partial charge in [-0.3, -0.25) is 4.98 Å². The number of carbonyl (C=O) groups is 1. The van der Waals surface area contributed by atoms with Gasteiger partial charge in [0.1, 0.15) is 23.3 Å². The van der Waals surface area contributed by atoms with Gasteiger partial charge in [-0.15, -0.1) is 0 Å². The van der Waals surface area contributed by atoms with E-state index in [2.05, 4.69) is 31.2 Å². The lowest BCUT2D eigenvalue weighted by atomic mass is 10.2. The summed E-state index contributed by atoms with van der Waals surface area (Å²) in [7, 11) is 0. The molecule has 0 aromatic carbocycles. The van der Waals surface area contributed by atoms with Crippen LogP contribution in [0.4, 0.5) is 22.1 Å². The zero-order valence-corrected chi connectivity index (χ0v) is 19.7. The van der Waals surface area contributed by atoms with Crippen molar-refractivity contribution in [3.8, 4) is 0 Å². The van der Waals surface area contributed by atoms with Gasteiger partial charge in [-0.1, -0.05) is 0 Å². The third-order valence-electron chi connectivity index (χ3n) is 6.70. The van der Waals surface area contributed by atoms with E-state index in [1.807, 2.05) is 50.2 Å². The number of aromatic nitrogens is 4. The first kappa shape index (κ1) is 21.1. The van der Waals surface area contributed by atoms with Crippen molar-refractivity contribution in [3.05, 3.63) is 42.5 Å². The van der Waals surface area contributed by atoms with Crippen molar-refractivity contribution < 1.29 is 9.53 Å². The molecule has 9 heteroatoms. The Hall–Kier alpha value is -3.49. The lowest BCUT2D eigenvalue weighted by Gasteiger charge is -2.35. The molecule has 2 atom stereocenters. The molecule has 2 bridgehead atoms. The Morgan fingerprint density at radius 2 is 1.97 bits per heavy atom. The topological polar surface area (TPSA) is 96.4 Å². The Morgan fingerprint density at radius 1 is 1.12 bits per heavy atom. The van der Waals surface area contributed by atoms with Gasteiger partial charge in [0.15, 0.2) is 5.82 Å². The minimum absolute atomic E-state index is 0.137. The lowest BCUT2D eigenvalue weighted by molar-refractivity contribution is 0.0214. The van der Waals surface area contributed by atoms with E-state index in [4.69, 9.17) is 9.72 Å². The normalized spacial score (nSPS) is 21.9. The van der Waals surface area contributed by atoms with Crippen molar-refractivity contribution in [2.24, 2.45) is 0 Å². The summed E-state index contributed by atoms with van der Waals surface area (Å²) in [5, 5.41) is 3.40. The first-order chi connectivity index (χ1) is 16.3. The first-order valence-electron chi connectivity index (χ1n) is 11.9. The first-order valence-corrected chi connectivity index (χ1v) is 11.9. The number of nitrogens with zero attached hydrogens (tertiary/aromatic N) is 6. The maximum absolute atomic E-state index is 12.6. The average molecular weight is 460 g/mol.